The second-order valence-electron chi connectivity index (χ2n) is 3.77. The molecule has 0 aromatic rings. The molecule has 11 heavy (non-hydrogen) atoms. The zero-order valence-corrected chi connectivity index (χ0v) is 7.91. The maximum atomic E-state index is 3.59. The van der Waals surface area contributed by atoms with Crippen LogP contribution in [0.1, 0.15) is 40.0 Å². The van der Waals surface area contributed by atoms with Crippen LogP contribution in [0.5, 0.6) is 0 Å². The molecule has 1 rings (SSSR count). The van der Waals surface area contributed by atoms with Crippen molar-refractivity contribution in [3.8, 4) is 0 Å². The Morgan fingerprint density at radius 2 is 2.27 bits per heavy atom. The van der Waals surface area contributed by atoms with E-state index in [0.717, 1.165) is 0 Å². The van der Waals surface area contributed by atoms with Gasteiger partial charge in [0.25, 0.3) is 0 Å². The van der Waals surface area contributed by atoms with Gasteiger partial charge in [-0.15, -0.1) is 0 Å². The van der Waals surface area contributed by atoms with Gasteiger partial charge in [0.1, 0.15) is 0 Å². The maximum absolute atomic E-state index is 3.59. The van der Waals surface area contributed by atoms with Crippen molar-refractivity contribution in [2.75, 3.05) is 6.54 Å². The van der Waals surface area contributed by atoms with Crippen LogP contribution in [0, 0.1) is 0 Å². The van der Waals surface area contributed by atoms with Gasteiger partial charge in [-0.05, 0) is 39.7 Å². The van der Waals surface area contributed by atoms with Crippen LogP contribution in [-0.2, 0) is 0 Å². The third-order valence-electron chi connectivity index (χ3n) is 2.41. The fourth-order valence-corrected chi connectivity index (χ4v) is 1.89. The fraction of sp³-hybridized carbons (Fsp3) is 1.00. The summed E-state index contributed by atoms with van der Waals surface area (Å²) in [5, 5.41) is 7.13. The summed E-state index contributed by atoms with van der Waals surface area (Å²) in [6, 6.07) is 0.584. The van der Waals surface area contributed by atoms with Crippen molar-refractivity contribution in [3.05, 3.63) is 0 Å². The summed E-state index contributed by atoms with van der Waals surface area (Å²) in [5.41, 5.74) is 0.258. The summed E-state index contributed by atoms with van der Waals surface area (Å²) in [4.78, 5) is 0. The van der Waals surface area contributed by atoms with Gasteiger partial charge in [0.2, 0.25) is 0 Å². The van der Waals surface area contributed by atoms with Gasteiger partial charge in [-0.2, -0.15) is 0 Å². The fourth-order valence-electron chi connectivity index (χ4n) is 1.89. The number of rotatable bonds is 3. The van der Waals surface area contributed by atoms with Gasteiger partial charge >= 0.3 is 0 Å². The Morgan fingerprint density at radius 1 is 1.55 bits per heavy atom. The van der Waals surface area contributed by atoms with Gasteiger partial charge in [0.15, 0.2) is 0 Å². The van der Waals surface area contributed by atoms with Crippen molar-refractivity contribution in [2.45, 2.75) is 51.7 Å². The van der Waals surface area contributed by atoms with E-state index in [1.807, 2.05) is 0 Å². The summed E-state index contributed by atoms with van der Waals surface area (Å²) < 4.78 is 0. The quantitative estimate of drug-likeness (QED) is 0.646. The molecule has 2 N–H and O–H groups in total. The predicted molar refractivity (Wildman–Crippen MR) is 48.5 cm³/mol. The summed E-state index contributed by atoms with van der Waals surface area (Å²) in [6.07, 6.45) is 3.78. The largest absolute Gasteiger partial charge is 0.299 e. The van der Waals surface area contributed by atoms with E-state index in [2.05, 4.69) is 31.4 Å². The van der Waals surface area contributed by atoms with E-state index in [4.69, 9.17) is 0 Å². The minimum atomic E-state index is 0.258. The van der Waals surface area contributed by atoms with E-state index in [-0.39, 0.29) is 5.66 Å². The van der Waals surface area contributed by atoms with E-state index >= 15 is 0 Å². The Bertz CT molecular complexity index is 115. The minimum Gasteiger partial charge on any atom is -0.299 e. The van der Waals surface area contributed by atoms with Crippen molar-refractivity contribution < 1.29 is 0 Å². The standard InChI is InChI=1S/C9H20N2/c1-4-9(11-8(2)3)6-5-7-10-9/h8,10-11H,4-7H2,1-3H3. The van der Waals surface area contributed by atoms with Crippen LogP contribution in [0.2, 0.25) is 0 Å². The van der Waals surface area contributed by atoms with Gasteiger partial charge in [-0.3, -0.25) is 10.6 Å². The molecule has 1 saturated heterocycles. The minimum absolute atomic E-state index is 0.258. The smallest absolute Gasteiger partial charge is 0.0686 e. The van der Waals surface area contributed by atoms with E-state index in [0.29, 0.717) is 6.04 Å². The first-order valence-electron chi connectivity index (χ1n) is 4.71. The predicted octanol–water partition coefficient (Wildman–Crippen LogP) is 1.47. The molecule has 1 aliphatic heterocycles. The summed E-state index contributed by atoms with van der Waals surface area (Å²) in [7, 11) is 0. The van der Waals surface area contributed by atoms with E-state index in [1.54, 1.807) is 0 Å². The highest BCUT2D eigenvalue weighted by molar-refractivity contribution is 4.90. The highest BCUT2D eigenvalue weighted by Gasteiger charge is 2.31. The molecule has 0 aromatic heterocycles. The average molecular weight is 156 g/mol. The van der Waals surface area contributed by atoms with Crippen molar-refractivity contribution in [2.24, 2.45) is 0 Å². The van der Waals surface area contributed by atoms with E-state index < -0.39 is 0 Å². The number of hydrogen-bond donors (Lipinski definition) is 2. The molecule has 0 aliphatic carbocycles. The SMILES string of the molecule is CCC1(NC(C)C)CCCN1. The first-order valence-corrected chi connectivity index (χ1v) is 4.71. The van der Waals surface area contributed by atoms with Crippen molar-refractivity contribution >= 4 is 0 Å². The molecular formula is C9H20N2. The molecule has 66 valence electrons. The van der Waals surface area contributed by atoms with Crippen molar-refractivity contribution in [3.63, 3.8) is 0 Å². The Balaban J connectivity index is 2.45. The van der Waals surface area contributed by atoms with Crippen LogP contribution < -0.4 is 10.6 Å². The lowest BCUT2D eigenvalue weighted by Crippen LogP contribution is -2.54. The molecular weight excluding hydrogens is 136 g/mol. The van der Waals surface area contributed by atoms with Crippen LogP contribution in [0.15, 0.2) is 0 Å². The Labute approximate surface area is 69.8 Å². The zero-order chi connectivity index (χ0) is 8.32. The molecule has 0 aromatic carbocycles. The average Bonchev–Trinajstić information content (AvgIpc) is 2.36. The zero-order valence-electron chi connectivity index (χ0n) is 7.91. The molecule has 0 saturated carbocycles. The third kappa shape index (κ3) is 2.17. The normalized spacial score (nSPS) is 31.6. The highest BCUT2D eigenvalue weighted by Crippen LogP contribution is 2.20. The lowest BCUT2D eigenvalue weighted by atomic mass is 10.0. The van der Waals surface area contributed by atoms with Crippen LogP contribution in [0.25, 0.3) is 0 Å². The lowest BCUT2D eigenvalue weighted by Gasteiger charge is -2.31. The molecule has 2 heteroatoms. The van der Waals surface area contributed by atoms with Gasteiger partial charge < -0.3 is 0 Å². The first-order chi connectivity index (χ1) is 5.18. The maximum Gasteiger partial charge on any atom is 0.0686 e. The molecule has 0 radical (unpaired) electrons. The molecule has 1 heterocycles. The van der Waals surface area contributed by atoms with Crippen LogP contribution >= 0.6 is 0 Å². The second kappa shape index (κ2) is 3.55. The van der Waals surface area contributed by atoms with Gasteiger partial charge in [0, 0.05) is 6.04 Å². The molecule has 1 unspecified atom stereocenters. The molecule has 2 nitrogen and oxygen atoms in total. The number of nitrogens with one attached hydrogen (secondary N) is 2. The third-order valence-corrected chi connectivity index (χ3v) is 2.41. The summed E-state index contributed by atoms with van der Waals surface area (Å²) in [5.74, 6) is 0. The van der Waals surface area contributed by atoms with Gasteiger partial charge in [0.05, 0.1) is 5.66 Å². The van der Waals surface area contributed by atoms with Crippen molar-refractivity contribution in [1.82, 2.24) is 10.6 Å². The Kier molecular flexibility index (Phi) is 2.90. The van der Waals surface area contributed by atoms with Gasteiger partial charge in [-0.25, -0.2) is 0 Å². The van der Waals surface area contributed by atoms with E-state index in [9.17, 15) is 0 Å². The van der Waals surface area contributed by atoms with Gasteiger partial charge in [-0.1, -0.05) is 6.92 Å². The molecule has 1 fully saturated rings. The molecule has 1 atom stereocenters. The van der Waals surface area contributed by atoms with Crippen LogP contribution in [-0.4, -0.2) is 18.2 Å². The first kappa shape index (κ1) is 9.01. The summed E-state index contributed by atoms with van der Waals surface area (Å²) >= 11 is 0. The Morgan fingerprint density at radius 3 is 2.64 bits per heavy atom. The summed E-state index contributed by atoms with van der Waals surface area (Å²) in [6.45, 7) is 7.83. The Hall–Kier alpha value is -0.0800. The monoisotopic (exact) mass is 156 g/mol. The van der Waals surface area contributed by atoms with Crippen molar-refractivity contribution in [1.29, 1.82) is 0 Å². The topological polar surface area (TPSA) is 24.1 Å². The lowest BCUT2D eigenvalue weighted by molar-refractivity contribution is 0.262. The van der Waals surface area contributed by atoms with Crippen LogP contribution in [0.4, 0.5) is 0 Å². The molecule has 1 aliphatic rings. The van der Waals surface area contributed by atoms with E-state index in [1.165, 1.54) is 25.8 Å². The van der Waals surface area contributed by atoms with Crippen LogP contribution in [0.3, 0.4) is 0 Å². The molecule has 0 bridgehead atoms. The highest BCUT2D eigenvalue weighted by atomic mass is 15.2. The second-order valence-corrected chi connectivity index (χ2v) is 3.77. The molecule has 0 amide bonds. The molecule has 0 spiro atoms. The number of hydrogen-bond acceptors (Lipinski definition) is 2.